The number of carbonyl (C=O) groups excluding carboxylic acids is 1. The number of nitrogens with zero attached hydrogens (tertiary/aromatic N) is 1. The molecule has 0 saturated carbocycles. The minimum absolute atomic E-state index is 0.243. The van der Waals surface area contributed by atoms with Gasteiger partial charge >= 0.3 is 0 Å². The summed E-state index contributed by atoms with van der Waals surface area (Å²) in [7, 11) is 1.54. The highest BCUT2D eigenvalue weighted by molar-refractivity contribution is 6.33. The number of halogens is 1. The third kappa shape index (κ3) is 2.35. The van der Waals surface area contributed by atoms with Gasteiger partial charge in [-0.2, -0.15) is 0 Å². The quantitative estimate of drug-likeness (QED) is 0.801. The molecule has 5 heteroatoms. The standard InChI is InChI=1S/C9H12ClN3O/c1-3-12-7-5-4-6(10)8(13-7)9(14)11-2/h4-5H,3H2,1-2H3,(H,11,14)(H,12,13). The molecule has 2 N–H and O–H groups in total. The number of carbonyl (C=O) groups is 1. The molecule has 0 aliphatic heterocycles. The number of hydrogen-bond acceptors (Lipinski definition) is 3. The Morgan fingerprint density at radius 2 is 2.29 bits per heavy atom. The zero-order valence-corrected chi connectivity index (χ0v) is 8.85. The third-order valence-corrected chi connectivity index (χ3v) is 1.95. The van der Waals surface area contributed by atoms with Crippen molar-refractivity contribution in [1.82, 2.24) is 10.3 Å². The van der Waals surface area contributed by atoms with E-state index in [2.05, 4.69) is 15.6 Å². The maximum atomic E-state index is 11.3. The van der Waals surface area contributed by atoms with Gasteiger partial charge in [0.05, 0.1) is 5.02 Å². The van der Waals surface area contributed by atoms with Crippen LogP contribution < -0.4 is 10.6 Å². The maximum absolute atomic E-state index is 11.3. The maximum Gasteiger partial charge on any atom is 0.271 e. The van der Waals surface area contributed by atoms with E-state index < -0.39 is 0 Å². The molecule has 0 unspecified atom stereocenters. The van der Waals surface area contributed by atoms with E-state index in [0.29, 0.717) is 10.8 Å². The van der Waals surface area contributed by atoms with Crippen molar-refractivity contribution in [3.8, 4) is 0 Å². The van der Waals surface area contributed by atoms with Crippen LogP contribution in [0, 0.1) is 0 Å². The fourth-order valence-corrected chi connectivity index (χ4v) is 1.19. The summed E-state index contributed by atoms with van der Waals surface area (Å²) in [5.74, 6) is 0.366. The molecule has 0 bridgehead atoms. The Kier molecular flexibility index (Phi) is 3.71. The van der Waals surface area contributed by atoms with Crippen LogP contribution in [0.15, 0.2) is 12.1 Å². The molecule has 1 heterocycles. The van der Waals surface area contributed by atoms with Crippen molar-refractivity contribution in [2.75, 3.05) is 18.9 Å². The Morgan fingerprint density at radius 1 is 1.57 bits per heavy atom. The van der Waals surface area contributed by atoms with E-state index in [-0.39, 0.29) is 11.6 Å². The predicted octanol–water partition coefficient (Wildman–Crippen LogP) is 1.53. The van der Waals surface area contributed by atoms with E-state index in [1.54, 1.807) is 19.2 Å². The Labute approximate surface area is 87.7 Å². The Balaban J connectivity index is 3.01. The molecule has 0 spiro atoms. The Hall–Kier alpha value is -1.29. The number of amides is 1. The summed E-state index contributed by atoms with van der Waals surface area (Å²) in [6.45, 7) is 2.71. The van der Waals surface area contributed by atoms with Crippen LogP contribution in [0.3, 0.4) is 0 Å². The highest BCUT2D eigenvalue weighted by atomic mass is 35.5. The molecule has 0 aliphatic rings. The summed E-state index contributed by atoms with van der Waals surface area (Å²) in [6.07, 6.45) is 0. The molecule has 1 rings (SSSR count). The molecule has 1 aromatic heterocycles. The first-order chi connectivity index (χ1) is 6.69. The van der Waals surface area contributed by atoms with E-state index in [1.165, 1.54) is 0 Å². The van der Waals surface area contributed by atoms with E-state index in [4.69, 9.17) is 11.6 Å². The van der Waals surface area contributed by atoms with Crippen molar-refractivity contribution in [3.63, 3.8) is 0 Å². The van der Waals surface area contributed by atoms with Crippen molar-refractivity contribution in [2.45, 2.75) is 6.92 Å². The Morgan fingerprint density at radius 3 is 2.86 bits per heavy atom. The average molecular weight is 214 g/mol. The molecular weight excluding hydrogens is 202 g/mol. The average Bonchev–Trinajstić information content (AvgIpc) is 2.20. The predicted molar refractivity (Wildman–Crippen MR) is 56.8 cm³/mol. The lowest BCUT2D eigenvalue weighted by Crippen LogP contribution is -2.20. The van der Waals surface area contributed by atoms with Gasteiger partial charge in [-0.25, -0.2) is 4.98 Å². The lowest BCUT2D eigenvalue weighted by Gasteiger charge is -2.06. The summed E-state index contributed by atoms with van der Waals surface area (Å²) >= 11 is 5.82. The molecular formula is C9H12ClN3O. The van der Waals surface area contributed by atoms with Gasteiger partial charge in [0.2, 0.25) is 0 Å². The number of hydrogen-bond donors (Lipinski definition) is 2. The number of aromatic nitrogens is 1. The second kappa shape index (κ2) is 4.81. The van der Waals surface area contributed by atoms with Crippen LogP contribution in [0.4, 0.5) is 5.82 Å². The highest BCUT2D eigenvalue weighted by Gasteiger charge is 2.10. The molecule has 0 saturated heterocycles. The first-order valence-corrected chi connectivity index (χ1v) is 4.69. The van der Waals surface area contributed by atoms with Gasteiger partial charge in [-0.1, -0.05) is 11.6 Å². The first kappa shape index (κ1) is 10.8. The van der Waals surface area contributed by atoms with Crippen LogP contribution >= 0.6 is 11.6 Å². The van der Waals surface area contributed by atoms with E-state index in [1.807, 2.05) is 6.92 Å². The number of pyridine rings is 1. The lowest BCUT2D eigenvalue weighted by molar-refractivity contribution is 0.0958. The normalized spacial score (nSPS) is 9.64. The summed E-state index contributed by atoms with van der Waals surface area (Å²) in [5, 5.41) is 5.83. The largest absolute Gasteiger partial charge is 0.370 e. The summed E-state index contributed by atoms with van der Waals surface area (Å²) in [6, 6.07) is 3.38. The smallest absolute Gasteiger partial charge is 0.271 e. The van der Waals surface area contributed by atoms with Gasteiger partial charge in [-0.05, 0) is 19.1 Å². The van der Waals surface area contributed by atoms with Gasteiger partial charge in [-0.15, -0.1) is 0 Å². The molecule has 0 atom stereocenters. The lowest BCUT2D eigenvalue weighted by atomic mass is 10.3. The van der Waals surface area contributed by atoms with Crippen molar-refractivity contribution in [3.05, 3.63) is 22.8 Å². The number of nitrogens with one attached hydrogen (secondary N) is 2. The number of anilines is 1. The van der Waals surface area contributed by atoms with Crippen molar-refractivity contribution in [1.29, 1.82) is 0 Å². The van der Waals surface area contributed by atoms with E-state index in [9.17, 15) is 4.79 Å². The molecule has 0 radical (unpaired) electrons. The fraction of sp³-hybridized carbons (Fsp3) is 0.333. The zero-order chi connectivity index (χ0) is 10.6. The van der Waals surface area contributed by atoms with Crippen molar-refractivity contribution >= 4 is 23.3 Å². The molecule has 4 nitrogen and oxygen atoms in total. The van der Waals surface area contributed by atoms with Crippen LogP contribution in [-0.4, -0.2) is 24.5 Å². The van der Waals surface area contributed by atoms with Crippen LogP contribution in [0.25, 0.3) is 0 Å². The molecule has 0 fully saturated rings. The molecule has 1 aromatic rings. The topological polar surface area (TPSA) is 54.0 Å². The summed E-state index contributed by atoms with van der Waals surface area (Å²) in [5.41, 5.74) is 0.243. The van der Waals surface area contributed by atoms with Gasteiger partial charge < -0.3 is 10.6 Å². The van der Waals surface area contributed by atoms with Crippen molar-refractivity contribution < 1.29 is 4.79 Å². The SMILES string of the molecule is CCNc1ccc(Cl)c(C(=O)NC)n1. The van der Waals surface area contributed by atoms with E-state index in [0.717, 1.165) is 6.54 Å². The molecule has 76 valence electrons. The van der Waals surface area contributed by atoms with Crippen LogP contribution in [0.2, 0.25) is 5.02 Å². The van der Waals surface area contributed by atoms with Gasteiger partial charge in [0.25, 0.3) is 5.91 Å². The van der Waals surface area contributed by atoms with E-state index >= 15 is 0 Å². The monoisotopic (exact) mass is 213 g/mol. The van der Waals surface area contributed by atoms with Gasteiger partial charge in [-0.3, -0.25) is 4.79 Å². The summed E-state index contributed by atoms with van der Waals surface area (Å²) < 4.78 is 0. The zero-order valence-electron chi connectivity index (χ0n) is 8.10. The van der Waals surface area contributed by atoms with Crippen LogP contribution in [-0.2, 0) is 0 Å². The Bertz CT molecular complexity index is 341. The second-order valence-electron chi connectivity index (χ2n) is 2.64. The van der Waals surface area contributed by atoms with Gasteiger partial charge in [0, 0.05) is 13.6 Å². The second-order valence-corrected chi connectivity index (χ2v) is 3.04. The molecule has 14 heavy (non-hydrogen) atoms. The molecule has 0 aromatic carbocycles. The van der Waals surface area contributed by atoms with Gasteiger partial charge in [0.15, 0.2) is 0 Å². The van der Waals surface area contributed by atoms with Crippen molar-refractivity contribution in [2.24, 2.45) is 0 Å². The molecule has 1 amide bonds. The third-order valence-electron chi connectivity index (χ3n) is 1.65. The first-order valence-electron chi connectivity index (χ1n) is 4.31. The molecule has 0 aliphatic carbocycles. The van der Waals surface area contributed by atoms with Crippen LogP contribution in [0.1, 0.15) is 17.4 Å². The highest BCUT2D eigenvalue weighted by Crippen LogP contribution is 2.16. The minimum atomic E-state index is -0.283. The van der Waals surface area contributed by atoms with Gasteiger partial charge in [0.1, 0.15) is 11.5 Å². The van der Waals surface area contributed by atoms with Crippen LogP contribution in [0.5, 0.6) is 0 Å². The number of rotatable bonds is 3. The summed E-state index contributed by atoms with van der Waals surface area (Å²) in [4.78, 5) is 15.4. The fourth-order valence-electron chi connectivity index (χ4n) is 0.999. The minimum Gasteiger partial charge on any atom is -0.370 e.